The lowest BCUT2D eigenvalue weighted by Gasteiger charge is -2.21. The van der Waals surface area contributed by atoms with Gasteiger partial charge in [0.1, 0.15) is 12.1 Å². The molecule has 2 aliphatic rings. The fourth-order valence-electron chi connectivity index (χ4n) is 5.66. The van der Waals surface area contributed by atoms with E-state index < -0.39 is 0 Å². The summed E-state index contributed by atoms with van der Waals surface area (Å²) in [6.07, 6.45) is 11.5. The van der Waals surface area contributed by atoms with Crippen LogP contribution in [0.2, 0.25) is 0 Å². The second kappa shape index (κ2) is 10.2. The average molecular weight is 525 g/mol. The third-order valence-corrected chi connectivity index (χ3v) is 8.00. The third-order valence-electron chi connectivity index (χ3n) is 8.00. The van der Waals surface area contributed by atoms with Crippen molar-refractivity contribution in [3.05, 3.63) is 100 Å². The SMILES string of the molecule is Cc1cc([C@@H](NC(=O)c2cc(Cn3ccn(C)c3=N)cc(-c3ncnc4c3CCCC4)c2)C2CC2)ccc1F. The number of benzene rings is 2. The monoisotopic (exact) mass is 524 g/mol. The molecule has 2 aliphatic carbocycles. The molecule has 2 heterocycles. The van der Waals surface area contributed by atoms with E-state index >= 15 is 0 Å². The largest absolute Gasteiger partial charge is 0.345 e. The number of amides is 1. The molecule has 39 heavy (non-hydrogen) atoms. The van der Waals surface area contributed by atoms with E-state index in [2.05, 4.69) is 21.4 Å². The first-order valence-corrected chi connectivity index (χ1v) is 13.7. The van der Waals surface area contributed by atoms with Crippen LogP contribution in [0.1, 0.15) is 70.0 Å². The van der Waals surface area contributed by atoms with Crippen molar-refractivity contribution in [2.75, 3.05) is 0 Å². The molecule has 0 saturated heterocycles. The molecule has 2 aromatic heterocycles. The van der Waals surface area contributed by atoms with Crippen molar-refractivity contribution in [1.82, 2.24) is 24.4 Å². The summed E-state index contributed by atoms with van der Waals surface area (Å²) < 4.78 is 17.6. The normalized spacial score (nSPS) is 15.6. The van der Waals surface area contributed by atoms with E-state index in [0.717, 1.165) is 66.6 Å². The van der Waals surface area contributed by atoms with Crippen molar-refractivity contribution >= 4 is 5.91 Å². The maximum Gasteiger partial charge on any atom is 0.251 e. The zero-order valence-electron chi connectivity index (χ0n) is 22.4. The predicted octanol–water partition coefficient (Wildman–Crippen LogP) is 5.02. The first-order valence-electron chi connectivity index (χ1n) is 13.7. The molecule has 2 aromatic carbocycles. The van der Waals surface area contributed by atoms with Crippen molar-refractivity contribution in [3.8, 4) is 11.3 Å². The molecule has 1 amide bonds. The number of aryl methyl sites for hydroxylation is 3. The van der Waals surface area contributed by atoms with Crippen molar-refractivity contribution in [1.29, 1.82) is 5.41 Å². The second-order valence-electron chi connectivity index (χ2n) is 10.9. The number of halogens is 1. The summed E-state index contributed by atoms with van der Waals surface area (Å²) in [5.74, 6) is -0.0533. The van der Waals surface area contributed by atoms with E-state index in [4.69, 9.17) is 5.41 Å². The van der Waals surface area contributed by atoms with Crippen LogP contribution in [0, 0.1) is 24.1 Å². The van der Waals surface area contributed by atoms with E-state index in [0.29, 0.717) is 29.2 Å². The van der Waals surface area contributed by atoms with Crippen molar-refractivity contribution in [2.24, 2.45) is 13.0 Å². The first-order chi connectivity index (χ1) is 18.9. The van der Waals surface area contributed by atoms with Crippen LogP contribution in [0.4, 0.5) is 4.39 Å². The highest BCUT2D eigenvalue weighted by molar-refractivity contribution is 5.96. The molecule has 0 radical (unpaired) electrons. The van der Waals surface area contributed by atoms with E-state index in [1.54, 1.807) is 23.9 Å². The minimum atomic E-state index is -0.239. The number of hydrogen-bond donors (Lipinski definition) is 2. The van der Waals surface area contributed by atoms with Crippen LogP contribution >= 0.6 is 0 Å². The average Bonchev–Trinajstić information content (AvgIpc) is 3.75. The summed E-state index contributed by atoms with van der Waals surface area (Å²) in [4.78, 5) is 23.0. The van der Waals surface area contributed by atoms with Crippen LogP contribution in [-0.2, 0) is 26.4 Å². The van der Waals surface area contributed by atoms with Gasteiger partial charge in [-0.25, -0.2) is 14.4 Å². The Labute approximate surface area is 227 Å². The van der Waals surface area contributed by atoms with E-state index in [-0.39, 0.29) is 17.8 Å². The second-order valence-corrected chi connectivity index (χ2v) is 10.9. The molecule has 8 heteroatoms. The number of imidazole rings is 1. The van der Waals surface area contributed by atoms with Gasteiger partial charge in [-0.3, -0.25) is 10.2 Å². The van der Waals surface area contributed by atoms with E-state index in [9.17, 15) is 9.18 Å². The number of hydrogen-bond acceptors (Lipinski definition) is 4. The molecule has 200 valence electrons. The molecule has 0 bridgehead atoms. The summed E-state index contributed by atoms with van der Waals surface area (Å²) >= 11 is 0. The van der Waals surface area contributed by atoms with Gasteiger partial charge in [0.2, 0.25) is 5.62 Å². The Bertz CT molecular complexity index is 1620. The van der Waals surface area contributed by atoms with Gasteiger partial charge in [-0.1, -0.05) is 12.1 Å². The Balaban J connectivity index is 1.39. The molecule has 0 aliphatic heterocycles. The Morgan fingerprint density at radius 3 is 2.69 bits per heavy atom. The highest BCUT2D eigenvalue weighted by Crippen LogP contribution is 2.41. The van der Waals surface area contributed by atoms with Crippen molar-refractivity contribution in [3.63, 3.8) is 0 Å². The lowest BCUT2D eigenvalue weighted by molar-refractivity contribution is 0.0931. The minimum absolute atomic E-state index is 0.163. The van der Waals surface area contributed by atoms with Gasteiger partial charge in [0, 0.05) is 36.3 Å². The smallest absolute Gasteiger partial charge is 0.251 e. The number of fused-ring (bicyclic) bond motifs is 1. The number of rotatable bonds is 7. The quantitative estimate of drug-likeness (QED) is 0.356. The van der Waals surface area contributed by atoms with Gasteiger partial charge in [0.05, 0.1) is 18.3 Å². The molecule has 1 saturated carbocycles. The van der Waals surface area contributed by atoms with Crippen LogP contribution in [0.25, 0.3) is 11.3 Å². The maximum atomic E-state index is 14.0. The zero-order chi connectivity index (χ0) is 27.1. The Hall–Kier alpha value is -4.07. The van der Waals surface area contributed by atoms with E-state index in [1.165, 1.54) is 11.6 Å². The number of nitrogens with zero attached hydrogens (tertiary/aromatic N) is 4. The van der Waals surface area contributed by atoms with Gasteiger partial charge in [-0.15, -0.1) is 0 Å². The number of aromatic nitrogens is 4. The third kappa shape index (κ3) is 5.15. The van der Waals surface area contributed by atoms with Crippen LogP contribution in [0.5, 0.6) is 0 Å². The van der Waals surface area contributed by atoms with E-state index in [1.807, 2.05) is 42.2 Å². The molecule has 2 N–H and O–H groups in total. The van der Waals surface area contributed by atoms with Gasteiger partial charge < -0.3 is 14.5 Å². The zero-order valence-corrected chi connectivity index (χ0v) is 22.4. The van der Waals surface area contributed by atoms with Crippen LogP contribution in [-0.4, -0.2) is 25.0 Å². The summed E-state index contributed by atoms with van der Waals surface area (Å²) in [7, 11) is 1.84. The Morgan fingerprint density at radius 1 is 1.13 bits per heavy atom. The summed E-state index contributed by atoms with van der Waals surface area (Å²) in [5, 5.41) is 11.6. The van der Waals surface area contributed by atoms with Crippen LogP contribution < -0.4 is 10.9 Å². The van der Waals surface area contributed by atoms with Gasteiger partial charge >= 0.3 is 0 Å². The van der Waals surface area contributed by atoms with Gasteiger partial charge in [0.25, 0.3) is 5.91 Å². The summed E-state index contributed by atoms with van der Waals surface area (Å²) in [6, 6.07) is 10.9. The van der Waals surface area contributed by atoms with Crippen LogP contribution in [0.3, 0.4) is 0 Å². The van der Waals surface area contributed by atoms with Gasteiger partial charge in [0.15, 0.2) is 0 Å². The first kappa shape index (κ1) is 25.2. The minimum Gasteiger partial charge on any atom is -0.345 e. The molecule has 0 spiro atoms. The highest BCUT2D eigenvalue weighted by Gasteiger charge is 2.34. The summed E-state index contributed by atoms with van der Waals surface area (Å²) in [5.41, 5.74) is 7.40. The molecular weight excluding hydrogens is 491 g/mol. The topological polar surface area (TPSA) is 88.6 Å². The fourth-order valence-corrected chi connectivity index (χ4v) is 5.66. The lowest BCUT2D eigenvalue weighted by Crippen LogP contribution is -2.30. The number of nitrogens with one attached hydrogen (secondary N) is 2. The van der Waals surface area contributed by atoms with Gasteiger partial charge in [-0.05, 0) is 97.9 Å². The molecule has 1 fully saturated rings. The lowest BCUT2D eigenvalue weighted by atomic mass is 9.91. The Kier molecular flexibility index (Phi) is 6.62. The predicted molar refractivity (Wildman–Crippen MR) is 147 cm³/mol. The molecule has 7 nitrogen and oxygen atoms in total. The molecular formula is C31H33FN6O. The van der Waals surface area contributed by atoms with Crippen molar-refractivity contribution < 1.29 is 9.18 Å². The maximum absolute atomic E-state index is 14.0. The molecule has 1 atom stereocenters. The molecule has 6 rings (SSSR count). The molecule has 4 aromatic rings. The number of carbonyl (C=O) groups is 1. The highest BCUT2D eigenvalue weighted by atomic mass is 19.1. The fraction of sp³-hybridized carbons (Fsp3) is 0.355. The standard InChI is InChI=1S/C31H33FN6O/c1-19-13-22(9-10-26(19)32)28(21-7-8-21)36-30(39)24-15-20(17-38-12-11-37(2)31(38)33)14-23(16-24)29-25-5-3-4-6-27(25)34-18-35-29/h9-16,18,21,28,33H,3-8,17H2,1-2H3,(H,36,39)/t28-/m0/s1. The van der Waals surface area contributed by atoms with Crippen molar-refractivity contribution in [2.45, 2.75) is 58.0 Å². The number of carbonyl (C=O) groups excluding carboxylic acids is 1. The molecule has 0 unspecified atom stereocenters. The summed E-state index contributed by atoms with van der Waals surface area (Å²) in [6.45, 7) is 2.22. The van der Waals surface area contributed by atoms with Gasteiger partial charge in [-0.2, -0.15) is 0 Å². The Morgan fingerprint density at radius 2 is 1.95 bits per heavy atom. The van der Waals surface area contributed by atoms with Crippen LogP contribution in [0.15, 0.2) is 55.1 Å².